The molecule has 0 fully saturated rings. The summed E-state index contributed by atoms with van der Waals surface area (Å²) in [6.45, 7) is 0. The van der Waals surface area contributed by atoms with Gasteiger partial charge in [-0.3, -0.25) is 4.79 Å². The van der Waals surface area contributed by atoms with Gasteiger partial charge >= 0.3 is 29.0 Å². The minimum Gasteiger partial charge on any atom is -1.00 e. The molecule has 0 saturated heterocycles. The minimum atomic E-state index is -0.913. The van der Waals surface area contributed by atoms with Gasteiger partial charge in [-0.25, -0.2) is 0 Å². The fourth-order valence-corrected chi connectivity index (χ4v) is 0.858. The van der Waals surface area contributed by atoms with E-state index in [9.17, 15) is 4.79 Å². The van der Waals surface area contributed by atoms with Crippen molar-refractivity contribution in [1.82, 2.24) is 0 Å². The molecule has 3 nitrogen and oxygen atoms in total. The molecule has 0 saturated carbocycles. The molecular weight excluding hydrogens is 217 g/mol. The quantitative estimate of drug-likeness (QED) is 0.667. The van der Waals surface area contributed by atoms with E-state index in [0.29, 0.717) is 6.42 Å². The van der Waals surface area contributed by atoms with Crippen molar-refractivity contribution >= 4 is 40.8 Å². The molecule has 0 aliphatic rings. The van der Waals surface area contributed by atoms with E-state index >= 15 is 0 Å². The maximum absolute atomic E-state index is 10.1. The summed E-state index contributed by atoms with van der Waals surface area (Å²) in [6.07, 6.45) is 2.48. The van der Waals surface area contributed by atoms with Crippen LogP contribution >= 0.6 is 11.8 Å². The van der Waals surface area contributed by atoms with Gasteiger partial charge in [-0.05, 0) is 18.4 Å². The Morgan fingerprint density at radius 1 is 1.82 bits per heavy atom. The molecule has 0 aliphatic carbocycles. The molecule has 0 unspecified atom stereocenters. The van der Waals surface area contributed by atoms with Crippen LogP contribution in [0.2, 0.25) is 0 Å². The Morgan fingerprint density at radius 2 is 2.27 bits per heavy atom. The molecule has 1 radical (unpaired) electrons. The Labute approximate surface area is 100 Å². The third-order valence-electron chi connectivity index (χ3n) is 0.950. The second kappa shape index (κ2) is 11.1. The smallest absolute Gasteiger partial charge is 1.00 e. The van der Waals surface area contributed by atoms with Gasteiger partial charge in [0.25, 0.3) is 0 Å². The Kier molecular flexibility index (Phi) is 18.1. The molecule has 0 amide bonds. The number of hydrogen-bond donors (Lipinski definition) is 2. The molecule has 0 heterocycles. The summed E-state index contributed by atoms with van der Waals surface area (Å²) in [5, 5.41) is 8.27. The zero-order valence-electron chi connectivity index (χ0n) is 8.42. The van der Waals surface area contributed by atoms with Crippen LogP contribution in [0.15, 0.2) is 0 Å². The number of hydrogen-bond acceptors (Lipinski definition) is 3. The third-order valence-corrected chi connectivity index (χ3v) is 1.59. The second-order valence-electron chi connectivity index (χ2n) is 1.73. The van der Waals surface area contributed by atoms with Gasteiger partial charge in [0.2, 0.25) is 0 Å². The van der Waals surface area contributed by atoms with Crippen LogP contribution in [0.4, 0.5) is 0 Å². The average molecular weight is 230 g/mol. The number of carbonyl (C=O) groups is 1. The van der Waals surface area contributed by atoms with Gasteiger partial charge in [0, 0.05) is 17.1 Å². The largest absolute Gasteiger partial charge is 2.00 e. The van der Waals surface area contributed by atoms with Gasteiger partial charge in [-0.1, -0.05) is 0 Å². The SMILES string of the molecule is CSCC[C@H](N)C(=O)O.[H-].[H-].[Mg+2].[Mn]. The van der Waals surface area contributed by atoms with Gasteiger partial charge < -0.3 is 13.7 Å². The molecule has 0 aromatic carbocycles. The number of nitrogens with two attached hydrogens (primary N) is 1. The molecule has 0 spiro atoms. The van der Waals surface area contributed by atoms with Gasteiger partial charge in [-0.15, -0.1) is 0 Å². The van der Waals surface area contributed by atoms with Crippen LogP contribution < -0.4 is 5.73 Å². The molecule has 0 rings (SSSR count). The first-order chi connectivity index (χ1) is 4.18. The summed E-state index contributed by atoms with van der Waals surface area (Å²) in [5.74, 6) is -0.1000. The van der Waals surface area contributed by atoms with Crippen molar-refractivity contribution in [2.75, 3.05) is 12.0 Å². The zero-order valence-corrected chi connectivity index (χ0v) is 9.83. The average Bonchev–Trinajstić information content (AvgIpc) is 1.82. The van der Waals surface area contributed by atoms with E-state index in [1.165, 1.54) is 0 Å². The fourth-order valence-electron chi connectivity index (χ4n) is 0.368. The van der Waals surface area contributed by atoms with Crippen LogP contribution in [0, 0.1) is 0 Å². The standard InChI is InChI=1S/C5H11NO2S.Mg.Mn.2H/c1-9-3-2-4(6)5(7)8;;;;/h4H,2-3,6H2,1H3,(H,7,8);;;;/q;+2;;2*-1/t4-;;;;/m0..../s1. The van der Waals surface area contributed by atoms with Gasteiger partial charge in [-0.2, -0.15) is 11.8 Å². The monoisotopic (exact) mass is 230 g/mol. The van der Waals surface area contributed by atoms with Crippen molar-refractivity contribution in [2.24, 2.45) is 5.73 Å². The van der Waals surface area contributed by atoms with Crippen molar-refractivity contribution < 1.29 is 29.8 Å². The molecule has 11 heavy (non-hydrogen) atoms. The number of thioether (sulfide) groups is 1. The summed E-state index contributed by atoms with van der Waals surface area (Å²) in [7, 11) is 0. The van der Waals surface area contributed by atoms with Crippen LogP contribution in [0.3, 0.4) is 0 Å². The van der Waals surface area contributed by atoms with Crippen molar-refractivity contribution in [1.29, 1.82) is 0 Å². The van der Waals surface area contributed by atoms with E-state index in [-0.39, 0.29) is 43.0 Å². The predicted octanol–water partition coefficient (Wildman–Crippen LogP) is -0.00690. The first-order valence-electron chi connectivity index (χ1n) is 2.65. The van der Waals surface area contributed by atoms with Gasteiger partial charge in [0.15, 0.2) is 0 Å². The maximum Gasteiger partial charge on any atom is 2.00 e. The van der Waals surface area contributed by atoms with Crippen LogP contribution in [0.25, 0.3) is 0 Å². The van der Waals surface area contributed by atoms with Crippen molar-refractivity contribution in [3.05, 3.63) is 0 Å². The van der Waals surface area contributed by atoms with Crippen molar-refractivity contribution in [3.8, 4) is 0 Å². The van der Waals surface area contributed by atoms with E-state index in [1.54, 1.807) is 11.8 Å². The van der Waals surface area contributed by atoms with E-state index in [4.69, 9.17) is 10.8 Å². The van der Waals surface area contributed by atoms with Gasteiger partial charge in [0.1, 0.15) is 6.04 Å². The van der Waals surface area contributed by atoms with Crippen LogP contribution in [-0.4, -0.2) is 52.2 Å². The van der Waals surface area contributed by atoms with Crippen LogP contribution in [0.1, 0.15) is 9.27 Å². The molecule has 0 aromatic rings. The van der Waals surface area contributed by atoms with Crippen LogP contribution in [-0.2, 0) is 21.9 Å². The maximum atomic E-state index is 10.1. The van der Waals surface area contributed by atoms with E-state index < -0.39 is 12.0 Å². The molecule has 0 bridgehead atoms. The predicted molar refractivity (Wildman–Crippen MR) is 46.6 cm³/mol. The summed E-state index contributed by atoms with van der Waals surface area (Å²) in [5.41, 5.74) is 5.19. The molecule has 1 atom stereocenters. The molecule has 6 heteroatoms. The van der Waals surface area contributed by atoms with E-state index in [0.717, 1.165) is 5.75 Å². The zero-order chi connectivity index (χ0) is 7.28. The Hall–Kier alpha value is 1.07. The van der Waals surface area contributed by atoms with E-state index in [1.807, 2.05) is 6.26 Å². The Morgan fingerprint density at radius 3 is 2.55 bits per heavy atom. The molecule has 0 aromatic heterocycles. The number of aliphatic carboxylic acids is 1. The Bertz CT molecular complexity index is 115. The summed E-state index contributed by atoms with van der Waals surface area (Å²) in [6, 6.07) is -0.683. The molecule has 65 valence electrons. The Balaban J connectivity index is -0.0000000533. The summed E-state index contributed by atoms with van der Waals surface area (Å²) >= 11 is 1.60. The first-order valence-corrected chi connectivity index (χ1v) is 4.05. The normalized spacial score (nSPS) is 10.7. The van der Waals surface area contributed by atoms with Crippen molar-refractivity contribution in [3.63, 3.8) is 0 Å². The van der Waals surface area contributed by atoms with Crippen LogP contribution in [0.5, 0.6) is 0 Å². The van der Waals surface area contributed by atoms with Gasteiger partial charge in [0.05, 0.1) is 0 Å². The topological polar surface area (TPSA) is 63.3 Å². The summed E-state index contributed by atoms with van der Waals surface area (Å²) in [4.78, 5) is 10.1. The number of rotatable bonds is 4. The number of carboxylic acids is 1. The third kappa shape index (κ3) is 11.1. The molecular formula is C5H13MgMnNO2S. The molecule has 0 aliphatic heterocycles. The minimum absolute atomic E-state index is 0. The second-order valence-corrected chi connectivity index (χ2v) is 2.71. The molecule has 3 N–H and O–H groups in total. The fraction of sp³-hybridized carbons (Fsp3) is 0.800. The first kappa shape index (κ1) is 18.0. The summed E-state index contributed by atoms with van der Waals surface area (Å²) < 4.78 is 0. The number of carboxylic acid groups (broad SMARTS) is 1. The van der Waals surface area contributed by atoms with Crippen molar-refractivity contribution in [2.45, 2.75) is 12.5 Å². The van der Waals surface area contributed by atoms with E-state index in [2.05, 4.69) is 0 Å².